The first kappa shape index (κ1) is 14.8. The molecule has 0 bridgehead atoms. The van der Waals surface area contributed by atoms with Crippen molar-refractivity contribution < 1.29 is 4.79 Å². The highest BCUT2D eigenvalue weighted by atomic mass is 35.5. The molecule has 2 nitrogen and oxygen atoms in total. The Bertz CT molecular complexity index is 222. The van der Waals surface area contributed by atoms with Gasteiger partial charge >= 0.3 is 0 Å². The van der Waals surface area contributed by atoms with Gasteiger partial charge in [-0.25, -0.2) is 0 Å². The number of halogens is 1. The van der Waals surface area contributed by atoms with Crippen LogP contribution in [0.3, 0.4) is 0 Å². The number of hydrogen-bond donors (Lipinski definition) is 1. The summed E-state index contributed by atoms with van der Waals surface area (Å²) in [6, 6.07) is 0. The van der Waals surface area contributed by atoms with Crippen LogP contribution in [0.15, 0.2) is 0 Å². The zero-order valence-electron chi connectivity index (χ0n) is 11.2. The van der Waals surface area contributed by atoms with Crippen LogP contribution in [0.1, 0.15) is 58.8 Å². The smallest absolute Gasteiger partial charge is 0.223 e. The number of hydrogen-bond acceptors (Lipinski definition) is 1. The monoisotopic (exact) mass is 259 g/mol. The van der Waals surface area contributed by atoms with Crippen LogP contribution < -0.4 is 5.32 Å². The van der Waals surface area contributed by atoms with E-state index in [2.05, 4.69) is 12.2 Å². The van der Waals surface area contributed by atoms with Crippen molar-refractivity contribution in [2.75, 3.05) is 6.54 Å². The zero-order valence-corrected chi connectivity index (χ0v) is 11.9. The fraction of sp³-hybridized carbons (Fsp3) is 0.929. The van der Waals surface area contributed by atoms with Crippen molar-refractivity contribution in [3.63, 3.8) is 0 Å². The minimum Gasteiger partial charge on any atom is -0.354 e. The maximum atomic E-state index is 11.9. The third-order valence-corrected chi connectivity index (χ3v) is 3.90. The Kier molecular flexibility index (Phi) is 6.94. The third-order valence-electron chi connectivity index (χ3n) is 3.74. The van der Waals surface area contributed by atoms with Gasteiger partial charge in [-0.05, 0) is 38.5 Å². The van der Waals surface area contributed by atoms with E-state index in [9.17, 15) is 4.79 Å². The van der Waals surface area contributed by atoms with Crippen molar-refractivity contribution in [2.24, 2.45) is 11.8 Å². The van der Waals surface area contributed by atoms with E-state index in [0.29, 0.717) is 6.54 Å². The van der Waals surface area contributed by atoms with E-state index in [1.165, 1.54) is 32.1 Å². The minimum absolute atomic E-state index is 0.0276. The molecule has 17 heavy (non-hydrogen) atoms. The van der Waals surface area contributed by atoms with E-state index in [0.717, 1.165) is 18.8 Å². The van der Waals surface area contributed by atoms with Crippen molar-refractivity contribution in [1.82, 2.24) is 5.32 Å². The molecule has 3 heteroatoms. The van der Waals surface area contributed by atoms with E-state index in [-0.39, 0.29) is 17.2 Å². The van der Waals surface area contributed by atoms with Gasteiger partial charge in [0.05, 0.1) is 0 Å². The molecule has 1 saturated carbocycles. The summed E-state index contributed by atoms with van der Waals surface area (Å²) in [6.07, 6.45) is 8.57. The molecule has 1 aliphatic rings. The normalized spacial score (nSPS) is 26.5. The fourth-order valence-corrected chi connectivity index (χ4v) is 2.67. The lowest BCUT2D eigenvalue weighted by molar-refractivity contribution is -0.126. The van der Waals surface area contributed by atoms with E-state index in [1.807, 2.05) is 6.92 Å². The Balaban J connectivity index is 2.19. The maximum absolute atomic E-state index is 11.9. The number of unbranched alkanes of at least 4 members (excludes halogenated alkanes) is 1. The summed E-state index contributed by atoms with van der Waals surface area (Å²) in [5.41, 5.74) is 0. The molecule has 1 amide bonds. The second kappa shape index (κ2) is 7.97. The van der Waals surface area contributed by atoms with E-state index in [1.54, 1.807) is 0 Å². The lowest BCUT2D eigenvalue weighted by atomic mass is 9.79. The number of alkyl halides is 1. The number of carbonyl (C=O) groups is 1. The average molecular weight is 260 g/mol. The molecule has 1 fully saturated rings. The second-order valence-corrected chi connectivity index (χ2v) is 6.13. The average Bonchev–Trinajstić information content (AvgIpc) is 2.34. The van der Waals surface area contributed by atoms with Crippen LogP contribution in [0.25, 0.3) is 0 Å². The van der Waals surface area contributed by atoms with Crippen molar-refractivity contribution >= 4 is 17.5 Å². The largest absolute Gasteiger partial charge is 0.354 e. The van der Waals surface area contributed by atoms with Gasteiger partial charge in [0.2, 0.25) is 5.91 Å². The number of amides is 1. The van der Waals surface area contributed by atoms with Crippen LogP contribution in [0.5, 0.6) is 0 Å². The molecule has 0 spiro atoms. The van der Waals surface area contributed by atoms with Gasteiger partial charge in [-0.3, -0.25) is 4.79 Å². The Morgan fingerprint density at radius 2 is 2.00 bits per heavy atom. The molecule has 0 aromatic heterocycles. The van der Waals surface area contributed by atoms with E-state index >= 15 is 0 Å². The van der Waals surface area contributed by atoms with Crippen LogP contribution in [-0.2, 0) is 4.79 Å². The molecular formula is C14H26ClNO. The molecule has 0 heterocycles. The molecule has 1 atom stereocenters. The van der Waals surface area contributed by atoms with Gasteiger partial charge in [-0.2, -0.15) is 0 Å². The molecule has 0 aromatic carbocycles. The molecular weight excluding hydrogens is 234 g/mol. The maximum Gasteiger partial charge on any atom is 0.223 e. The van der Waals surface area contributed by atoms with Gasteiger partial charge in [0.25, 0.3) is 0 Å². The van der Waals surface area contributed by atoms with Crippen LogP contribution in [0.2, 0.25) is 0 Å². The standard InChI is InChI=1S/C14H26ClNO/c1-3-4-5-12-6-8-13(9-7-12)14(17)16-10-11(2)15/h11-13H,3-10H2,1-2H3,(H,16,17). The second-order valence-electron chi connectivity index (χ2n) is 5.39. The molecule has 100 valence electrons. The van der Waals surface area contributed by atoms with Gasteiger partial charge in [0.15, 0.2) is 0 Å². The Morgan fingerprint density at radius 1 is 1.35 bits per heavy atom. The van der Waals surface area contributed by atoms with E-state index in [4.69, 9.17) is 11.6 Å². The summed E-state index contributed by atoms with van der Waals surface area (Å²) in [5, 5.41) is 2.97. The van der Waals surface area contributed by atoms with Crippen LogP contribution in [0.4, 0.5) is 0 Å². The number of carbonyl (C=O) groups excluding carboxylic acids is 1. The van der Waals surface area contributed by atoms with Crippen molar-refractivity contribution in [3.8, 4) is 0 Å². The molecule has 0 saturated heterocycles. The molecule has 0 aromatic rings. The molecule has 0 radical (unpaired) electrons. The van der Waals surface area contributed by atoms with Crippen LogP contribution in [-0.4, -0.2) is 17.8 Å². The molecule has 0 aliphatic heterocycles. The van der Waals surface area contributed by atoms with E-state index < -0.39 is 0 Å². The minimum atomic E-state index is 0.0276. The third kappa shape index (κ3) is 5.76. The lowest BCUT2D eigenvalue weighted by Gasteiger charge is -2.27. The SMILES string of the molecule is CCCCC1CCC(C(=O)NCC(C)Cl)CC1. The topological polar surface area (TPSA) is 29.1 Å². The summed E-state index contributed by atoms with van der Waals surface area (Å²) < 4.78 is 0. The highest BCUT2D eigenvalue weighted by Gasteiger charge is 2.25. The van der Waals surface area contributed by atoms with Gasteiger partial charge in [0.1, 0.15) is 0 Å². The van der Waals surface area contributed by atoms with Crippen molar-refractivity contribution in [3.05, 3.63) is 0 Å². The van der Waals surface area contributed by atoms with Crippen LogP contribution >= 0.6 is 11.6 Å². The predicted molar refractivity (Wildman–Crippen MR) is 73.3 cm³/mol. The molecule has 1 unspecified atom stereocenters. The number of nitrogens with one attached hydrogen (secondary N) is 1. The van der Waals surface area contributed by atoms with Gasteiger partial charge in [-0.1, -0.05) is 26.2 Å². The van der Waals surface area contributed by atoms with Crippen LogP contribution in [0, 0.1) is 11.8 Å². The summed E-state index contributed by atoms with van der Waals surface area (Å²) in [6.45, 7) is 4.74. The zero-order chi connectivity index (χ0) is 12.7. The Hall–Kier alpha value is -0.240. The summed E-state index contributed by atoms with van der Waals surface area (Å²) in [4.78, 5) is 11.9. The molecule has 1 aliphatic carbocycles. The van der Waals surface area contributed by atoms with Crippen molar-refractivity contribution in [1.29, 1.82) is 0 Å². The van der Waals surface area contributed by atoms with Crippen molar-refractivity contribution in [2.45, 2.75) is 64.2 Å². The predicted octanol–water partition coefficient (Wildman–Crippen LogP) is 3.73. The number of rotatable bonds is 6. The van der Waals surface area contributed by atoms with Gasteiger partial charge < -0.3 is 5.32 Å². The Morgan fingerprint density at radius 3 is 2.53 bits per heavy atom. The Labute approximate surface area is 110 Å². The lowest BCUT2D eigenvalue weighted by Crippen LogP contribution is -2.35. The first-order valence-electron chi connectivity index (χ1n) is 7.05. The summed E-state index contributed by atoms with van der Waals surface area (Å²) >= 11 is 5.83. The first-order chi connectivity index (χ1) is 8.13. The highest BCUT2D eigenvalue weighted by Crippen LogP contribution is 2.31. The first-order valence-corrected chi connectivity index (χ1v) is 7.48. The highest BCUT2D eigenvalue weighted by molar-refractivity contribution is 6.20. The summed E-state index contributed by atoms with van der Waals surface area (Å²) in [5.74, 6) is 1.32. The summed E-state index contributed by atoms with van der Waals surface area (Å²) in [7, 11) is 0. The van der Waals surface area contributed by atoms with Gasteiger partial charge in [-0.15, -0.1) is 11.6 Å². The molecule has 1 N–H and O–H groups in total. The van der Waals surface area contributed by atoms with Gasteiger partial charge in [0, 0.05) is 17.8 Å². The molecule has 1 rings (SSSR count). The quantitative estimate of drug-likeness (QED) is 0.724. The fourth-order valence-electron chi connectivity index (χ4n) is 2.59.